The van der Waals surface area contributed by atoms with E-state index in [4.69, 9.17) is 4.42 Å². The van der Waals surface area contributed by atoms with Gasteiger partial charge in [-0.1, -0.05) is 0 Å². The zero-order valence-corrected chi connectivity index (χ0v) is 14.8. The van der Waals surface area contributed by atoms with Crippen LogP contribution in [0.2, 0.25) is 0 Å². The Balaban J connectivity index is 1.56. The van der Waals surface area contributed by atoms with Gasteiger partial charge in [0, 0.05) is 37.8 Å². The molecule has 0 aromatic carbocycles. The Hall–Kier alpha value is -2.65. The van der Waals surface area contributed by atoms with Crippen molar-refractivity contribution in [1.29, 1.82) is 0 Å². The lowest BCUT2D eigenvalue weighted by Crippen LogP contribution is -2.32. The molecule has 2 aromatic rings. The zero-order valence-electron chi connectivity index (χ0n) is 14.8. The van der Waals surface area contributed by atoms with Crippen molar-refractivity contribution in [2.24, 2.45) is 0 Å². The van der Waals surface area contributed by atoms with Crippen LogP contribution >= 0.6 is 0 Å². The van der Waals surface area contributed by atoms with Crippen LogP contribution in [0.15, 0.2) is 16.8 Å². The van der Waals surface area contributed by atoms with E-state index in [1.807, 2.05) is 0 Å². The lowest BCUT2D eigenvalue weighted by atomic mass is 9.89. The van der Waals surface area contributed by atoms with Gasteiger partial charge in [-0.05, 0) is 26.2 Å². The number of carbonyl (C=O) groups excluding carboxylic acids is 1. The molecule has 10 heteroatoms. The van der Waals surface area contributed by atoms with Crippen LogP contribution in [0.25, 0.3) is 11.6 Å². The molecule has 0 bridgehead atoms. The average Bonchev–Trinajstić information content (AvgIpc) is 3.26. The molecule has 1 aliphatic carbocycles. The average molecular weight is 378 g/mol. The van der Waals surface area contributed by atoms with Gasteiger partial charge in [0.2, 0.25) is 17.7 Å². The van der Waals surface area contributed by atoms with Crippen LogP contribution in [0.5, 0.6) is 0 Å². The summed E-state index contributed by atoms with van der Waals surface area (Å²) in [6, 6.07) is -0.124. The van der Waals surface area contributed by atoms with Gasteiger partial charge in [-0.15, -0.1) is 10.2 Å². The molecule has 1 saturated carbocycles. The number of hydrogen-bond donors (Lipinski definition) is 2. The van der Waals surface area contributed by atoms with E-state index < -0.39 is 11.3 Å². The molecule has 3 heterocycles. The highest BCUT2D eigenvalue weighted by atomic mass is 19.3. The van der Waals surface area contributed by atoms with Gasteiger partial charge < -0.3 is 15.1 Å². The SMILES string of the molecule is CC1(c2nnc(-c3nccnc3NC3CCC(F)(F)CC3)o2)CCNC1=O. The van der Waals surface area contributed by atoms with Crippen molar-refractivity contribution in [2.45, 2.75) is 56.4 Å². The Morgan fingerprint density at radius 1 is 1.19 bits per heavy atom. The number of hydrogen-bond acceptors (Lipinski definition) is 7. The molecule has 2 aliphatic rings. The second-order valence-electron chi connectivity index (χ2n) is 7.28. The van der Waals surface area contributed by atoms with Crippen molar-refractivity contribution in [3.63, 3.8) is 0 Å². The Kier molecular flexibility index (Phi) is 4.27. The summed E-state index contributed by atoms with van der Waals surface area (Å²) in [5.41, 5.74) is -0.522. The van der Waals surface area contributed by atoms with E-state index in [-0.39, 0.29) is 36.6 Å². The molecule has 2 fully saturated rings. The van der Waals surface area contributed by atoms with Crippen LogP contribution in [0.1, 0.15) is 44.9 Å². The third-order valence-electron chi connectivity index (χ3n) is 5.27. The molecular weight excluding hydrogens is 358 g/mol. The monoisotopic (exact) mass is 378 g/mol. The van der Waals surface area contributed by atoms with Crippen LogP contribution in [0.3, 0.4) is 0 Å². The second-order valence-corrected chi connectivity index (χ2v) is 7.28. The van der Waals surface area contributed by atoms with Crippen LogP contribution < -0.4 is 10.6 Å². The topological polar surface area (TPSA) is 106 Å². The number of anilines is 1. The Bertz CT molecular complexity index is 847. The number of aromatic nitrogens is 4. The number of nitrogens with one attached hydrogen (secondary N) is 2. The molecule has 1 amide bonds. The van der Waals surface area contributed by atoms with Crippen LogP contribution in [-0.2, 0) is 10.2 Å². The summed E-state index contributed by atoms with van der Waals surface area (Å²) >= 11 is 0. The minimum Gasteiger partial charge on any atom is -0.418 e. The molecule has 2 N–H and O–H groups in total. The molecule has 4 rings (SSSR count). The third kappa shape index (κ3) is 3.35. The van der Waals surface area contributed by atoms with Gasteiger partial charge in [-0.3, -0.25) is 4.79 Å². The molecule has 0 spiro atoms. The van der Waals surface area contributed by atoms with Gasteiger partial charge >= 0.3 is 0 Å². The van der Waals surface area contributed by atoms with E-state index in [0.717, 1.165) is 0 Å². The fourth-order valence-corrected chi connectivity index (χ4v) is 3.46. The molecule has 0 radical (unpaired) electrons. The quantitative estimate of drug-likeness (QED) is 0.841. The number of carbonyl (C=O) groups is 1. The summed E-state index contributed by atoms with van der Waals surface area (Å²) in [6.45, 7) is 2.31. The number of alkyl halides is 2. The molecule has 1 unspecified atom stereocenters. The standard InChI is InChI=1S/C17H20F2N6O2/c1-16(6-7-22-14(16)26)15-25-24-13(27-15)11-12(21-9-8-20-11)23-10-2-4-17(18,19)5-3-10/h8-10H,2-7H2,1H3,(H,21,23)(H,22,26). The predicted molar refractivity (Wildman–Crippen MR) is 91.1 cm³/mol. The van der Waals surface area contributed by atoms with Crippen LogP contribution in [0.4, 0.5) is 14.6 Å². The first-order valence-corrected chi connectivity index (χ1v) is 8.95. The van der Waals surface area contributed by atoms with E-state index in [0.29, 0.717) is 37.3 Å². The molecule has 144 valence electrons. The minimum absolute atomic E-state index is 0.124. The largest absolute Gasteiger partial charge is 0.418 e. The summed E-state index contributed by atoms with van der Waals surface area (Å²) in [5, 5.41) is 14.0. The Labute approximate surface area is 154 Å². The highest BCUT2D eigenvalue weighted by Crippen LogP contribution is 2.36. The van der Waals surface area contributed by atoms with Crippen molar-refractivity contribution < 1.29 is 18.0 Å². The molecule has 1 saturated heterocycles. The smallest absolute Gasteiger partial charge is 0.270 e. The van der Waals surface area contributed by atoms with E-state index >= 15 is 0 Å². The second kappa shape index (κ2) is 6.50. The minimum atomic E-state index is -2.60. The maximum atomic E-state index is 13.4. The number of amides is 1. The zero-order chi connectivity index (χ0) is 19.1. The fourth-order valence-electron chi connectivity index (χ4n) is 3.46. The van der Waals surface area contributed by atoms with E-state index in [9.17, 15) is 13.6 Å². The van der Waals surface area contributed by atoms with E-state index in [2.05, 4.69) is 30.8 Å². The summed E-state index contributed by atoms with van der Waals surface area (Å²) in [7, 11) is 0. The predicted octanol–water partition coefficient (Wildman–Crippen LogP) is 2.29. The lowest BCUT2D eigenvalue weighted by molar-refractivity contribution is -0.124. The molecule has 27 heavy (non-hydrogen) atoms. The van der Waals surface area contributed by atoms with E-state index in [1.54, 1.807) is 6.92 Å². The van der Waals surface area contributed by atoms with Crippen molar-refractivity contribution >= 4 is 11.7 Å². The van der Waals surface area contributed by atoms with Gasteiger partial charge in [0.15, 0.2) is 11.5 Å². The van der Waals surface area contributed by atoms with Gasteiger partial charge in [0.25, 0.3) is 5.89 Å². The fraction of sp³-hybridized carbons (Fsp3) is 0.588. The van der Waals surface area contributed by atoms with Gasteiger partial charge in [-0.25, -0.2) is 18.7 Å². The summed E-state index contributed by atoms with van der Waals surface area (Å²) in [5.74, 6) is -1.98. The van der Waals surface area contributed by atoms with Crippen LogP contribution in [-0.4, -0.2) is 44.6 Å². The molecule has 1 atom stereocenters. The lowest BCUT2D eigenvalue weighted by Gasteiger charge is -2.29. The van der Waals surface area contributed by atoms with E-state index in [1.165, 1.54) is 12.4 Å². The first kappa shape index (κ1) is 17.7. The normalized spacial score (nSPS) is 25.4. The number of nitrogens with zero attached hydrogens (tertiary/aromatic N) is 4. The van der Waals surface area contributed by atoms with Crippen molar-refractivity contribution in [3.8, 4) is 11.6 Å². The Morgan fingerprint density at radius 2 is 1.93 bits per heavy atom. The summed E-state index contributed by atoms with van der Waals surface area (Å²) in [6.07, 6.45) is 3.94. The highest BCUT2D eigenvalue weighted by Gasteiger charge is 2.44. The first-order valence-electron chi connectivity index (χ1n) is 8.95. The number of halogens is 2. The first-order chi connectivity index (χ1) is 12.9. The summed E-state index contributed by atoms with van der Waals surface area (Å²) < 4.78 is 32.5. The van der Waals surface area contributed by atoms with Crippen molar-refractivity contribution in [3.05, 3.63) is 18.3 Å². The van der Waals surface area contributed by atoms with Gasteiger partial charge in [-0.2, -0.15) is 0 Å². The van der Waals surface area contributed by atoms with Crippen molar-refractivity contribution in [2.75, 3.05) is 11.9 Å². The molecule has 1 aliphatic heterocycles. The van der Waals surface area contributed by atoms with Crippen molar-refractivity contribution in [1.82, 2.24) is 25.5 Å². The molecule has 2 aromatic heterocycles. The highest BCUT2D eigenvalue weighted by molar-refractivity contribution is 5.88. The number of rotatable bonds is 4. The third-order valence-corrected chi connectivity index (χ3v) is 5.27. The molecule has 8 nitrogen and oxygen atoms in total. The molecular formula is C17H20F2N6O2. The van der Waals surface area contributed by atoms with Gasteiger partial charge in [0.05, 0.1) is 0 Å². The summed E-state index contributed by atoms with van der Waals surface area (Å²) in [4.78, 5) is 20.6. The van der Waals surface area contributed by atoms with Crippen LogP contribution in [0, 0.1) is 0 Å². The maximum absolute atomic E-state index is 13.4. The maximum Gasteiger partial charge on any atom is 0.270 e. The Morgan fingerprint density at radius 3 is 2.63 bits per heavy atom. The van der Waals surface area contributed by atoms with Gasteiger partial charge in [0.1, 0.15) is 5.41 Å².